The molecule has 0 bridgehead atoms. The summed E-state index contributed by atoms with van der Waals surface area (Å²) in [6, 6.07) is 16.0. The van der Waals surface area contributed by atoms with Gasteiger partial charge < -0.3 is 19.1 Å². The van der Waals surface area contributed by atoms with E-state index in [9.17, 15) is 0 Å². The van der Waals surface area contributed by atoms with Crippen LogP contribution in [0.3, 0.4) is 0 Å². The number of anilines is 1. The molecule has 3 aromatic rings. The van der Waals surface area contributed by atoms with Crippen molar-refractivity contribution >= 4 is 39.7 Å². The predicted molar refractivity (Wildman–Crippen MR) is 149 cm³/mol. The Balaban J connectivity index is 1.59. The molecule has 0 spiro atoms. The lowest BCUT2D eigenvalue weighted by Crippen LogP contribution is -2.35. The molecule has 0 N–H and O–H groups in total. The normalized spacial score (nSPS) is 17.6. The second-order valence-electron chi connectivity index (χ2n) is 8.98. The fourth-order valence-electron chi connectivity index (χ4n) is 4.40. The number of nitrogens with zero attached hydrogens (tertiary/aromatic N) is 2. The van der Waals surface area contributed by atoms with E-state index in [4.69, 9.17) is 42.4 Å². The Morgan fingerprint density at radius 2 is 1.97 bits per heavy atom. The molecule has 1 fully saturated rings. The number of benzene rings is 2. The number of hydrogen-bond donors (Lipinski definition) is 0. The molecular weight excluding hydrogens is 515 g/mol. The van der Waals surface area contributed by atoms with Gasteiger partial charge in [-0.1, -0.05) is 60.5 Å². The van der Waals surface area contributed by atoms with Gasteiger partial charge in [0.1, 0.15) is 0 Å². The Labute approximate surface area is 228 Å². The summed E-state index contributed by atoms with van der Waals surface area (Å²) in [5.74, 6) is 0. The average molecular weight is 550 g/mol. The third-order valence-corrected chi connectivity index (χ3v) is 7.77. The Morgan fingerprint density at radius 3 is 2.67 bits per heavy atom. The van der Waals surface area contributed by atoms with Crippen LogP contribution in [0.5, 0.6) is 0 Å². The molecular formula is C28H34Cl2N2O3S. The summed E-state index contributed by atoms with van der Waals surface area (Å²) in [4.78, 5) is 8.51. The minimum Gasteiger partial charge on any atom is -0.353 e. The van der Waals surface area contributed by atoms with Crippen LogP contribution >= 0.6 is 34.5 Å². The molecule has 3 atom stereocenters. The number of halogens is 2. The molecule has 0 radical (unpaired) electrons. The maximum atomic E-state index is 6.53. The lowest BCUT2D eigenvalue weighted by Gasteiger charge is -2.33. The van der Waals surface area contributed by atoms with Crippen molar-refractivity contribution in [3.05, 3.63) is 69.0 Å². The van der Waals surface area contributed by atoms with Crippen LogP contribution in [0.2, 0.25) is 10.0 Å². The zero-order chi connectivity index (χ0) is 25.5. The highest BCUT2D eigenvalue weighted by Crippen LogP contribution is 2.39. The van der Waals surface area contributed by atoms with Gasteiger partial charge in [-0.2, -0.15) is 0 Å². The first-order chi connectivity index (χ1) is 17.5. The van der Waals surface area contributed by atoms with Crippen molar-refractivity contribution < 1.29 is 14.2 Å². The van der Waals surface area contributed by atoms with E-state index >= 15 is 0 Å². The molecule has 5 nitrogen and oxygen atoms in total. The minimum atomic E-state index is -0.371. The van der Waals surface area contributed by atoms with Crippen LogP contribution in [0.1, 0.15) is 56.0 Å². The smallest absolute Gasteiger partial charge is 0.186 e. The maximum absolute atomic E-state index is 6.53. The van der Waals surface area contributed by atoms with Crippen LogP contribution in [-0.4, -0.2) is 37.3 Å². The van der Waals surface area contributed by atoms with E-state index in [0.717, 1.165) is 60.1 Å². The number of ether oxygens (including phenoxy) is 3. The van der Waals surface area contributed by atoms with E-state index in [-0.39, 0.29) is 18.6 Å². The summed E-state index contributed by atoms with van der Waals surface area (Å²) in [7, 11) is 0. The molecule has 0 aliphatic carbocycles. The fourth-order valence-corrected chi connectivity index (χ4v) is 5.90. The summed E-state index contributed by atoms with van der Waals surface area (Å²) < 4.78 is 18.0. The lowest BCUT2D eigenvalue weighted by atomic mass is 10.1. The van der Waals surface area contributed by atoms with Crippen molar-refractivity contribution in [2.24, 2.45) is 0 Å². The maximum Gasteiger partial charge on any atom is 0.186 e. The Morgan fingerprint density at radius 1 is 1.17 bits per heavy atom. The Hall–Kier alpha value is -1.67. The Bertz CT molecular complexity index is 1110. The van der Waals surface area contributed by atoms with Gasteiger partial charge in [0.25, 0.3) is 0 Å². The number of rotatable bonds is 11. The molecule has 1 aliphatic rings. The highest BCUT2D eigenvalue weighted by atomic mass is 35.5. The van der Waals surface area contributed by atoms with Crippen LogP contribution in [0.15, 0.2) is 48.5 Å². The van der Waals surface area contributed by atoms with E-state index in [2.05, 4.69) is 43.0 Å². The molecule has 2 heterocycles. The predicted octanol–water partition coefficient (Wildman–Crippen LogP) is 8.29. The zero-order valence-electron chi connectivity index (χ0n) is 21.1. The van der Waals surface area contributed by atoms with Crippen molar-refractivity contribution in [3.8, 4) is 11.3 Å². The molecule has 194 valence electrons. The topological polar surface area (TPSA) is 43.8 Å². The standard InChI is InChI=1S/C28H34Cl2N2O3S/c1-4-15-32(28-31-27(19(2)36-28)23-14-13-22(29)17-24(23)30)25(21-10-6-5-7-11-21)18-34-20(3)35-26-12-8-9-16-33-26/h5-7,10-11,13-14,17,20,25-26H,4,8-9,12,15-16,18H2,1-3H3. The minimum absolute atomic E-state index is 0.0245. The molecule has 0 amide bonds. The third-order valence-electron chi connectivity index (χ3n) is 6.21. The summed E-state index contributed by atoms with van der Waals surface area (Å²) in [6.45, 7) is 8.26. The van der Waals surface area contributed by atoms with Crippen molar-refractivity contribution in [2.45, 2.75) is 65.1 Å². The summed E-state index contributed by atoms with van der Waals surface area (Å²) in [6.07, 6.45) is 3.53. The van der Waals surface area contributed by atoms with Crippen LogP contribution in [-0.2, 0) is 14.2 Å². The molecule has 2 aromatic carbocycles. The van der Waals surface area contributed by atoms with E-state index in [1.54, 1.807) is 17.4 Å². The van der Waals surface area contributed by atoms with Crippen molar-refractivity contribution in [3.63, 3.8) is 0 Å². The number of aromatic nitrogens is 1. The summed E-state index contributed by atoms with van der Waals surface area (Å²) >= 11 is 14.3. The fraction of sp³-hybridized carbons (Fsp3) is 0.464. The van der Waals surface area contributed by atoms with Crippen molar-refractivity contribution in [1.82, 2.24) is 4.98 Å². The van der Waals surface area contributed by atoms with Gasteiger partial charge in [0.15, 0.2) is 17.7 Å². The number of thiazole rings is 1. The van der Waals surface area contributed by atoms with Crippen LogP contribution in [0, 0.1) is 6.92 Å². The first-order valence-electron chi connectivity index (χ1n) is 12.6. The van der Waals surface area contributed by atoms with Crippen molar-refractivity contribution in [1.29, 1.82) is 0 Å². The van der Waals surface area contributed by atoms with E-state index in [1.807, 2.05) is 25.1 Å². The van der Waals surface area contributed by atoms with Gasteiger partial charge in [0.2, 0.25) is 0 Å². The van der Waals surface area contributed by atoms with E-state index in [0.29, 0.717) is 16.7 Å². The second kappa shape index (κ2) is 13.2. The molecule has 1 aromatic heterocycles. The molecule has 8 heteroatoms. The van der Waals surface area contributed by atoms with Gasteiger partial charge in [-0.15, -0.1) is 11.3 Å². The Kier molecular flexibility index (Phi) is 10.1. The van der Waals surface area contributed by atoms with Gasteiger partial charge >= 0.3 is 0 Å². The van der Waals surface area contributed by atoms with E-state index in [1.165, 1.54) is 5.56 Å². The SMILES string of the molecule is CCCN(c1nc(-c2ccc(Cl)cc2Cl)c(C)s1)C(COC(C)OC1CCCCO1)c1ccccc1. The molecule has 0 saturated carbocycles. The zero-order valence-corrected chi connectivity index (χ0v) is 23.4. The van der Waals surface area contributed by atoms with Gasteiger partial charge in [-0.3, -0.25) is 0 Å². The van der Waals surface area contributed by atoms with Gasteiger partial charge in [0.05, 0.1) is 23.4 Å². The first kappa shape index (κ1) is 27.4. The third kappa shape index (κ3) is 7.00. The lowest BCUT2D eigenvalue weighted by molar-refractivity contribution is -0.249. The molecule has 36 heavy (non-hydrogen) atoms. The van der Waals surface area contributed by atoms with Crippen LogP contribution in [0.4, 0.5) is 5.13 Å². The van der Waals surface area contributed by atoms with Gasteiger partial charge in [-0.25, -0.2) is 4.98 Å². The first-order valence-corrected chi connectivity index (χ1v) is 14.2. The average Bonchev–Trinajstić information content (AvgIpc) is 3.25. The molecule has 4 rings (SSSR count). The van der Waals surface area contributed by atoms with Gasteiger partial charge in [0, 0.05) is 28.6 Å². The number of hydrogen-bond acceptors (Lipinski definition) is 6. The summed E-state index contributed by atoms with van der Waals surface area (Å²) in [5.41, 5.74) is 2.95. The van der Waals surface area contributed by atoms with Gasteiger partial charge in [-0.05, 0) is 63.3 Å². The monoisotopic (exact) mass is 548 g/mol. The molecule has 3 unspecified atom stereocenters. The van der Waals surface area contributed by atoms with Crippen LogP contribution < -0.4 is 4.90 Å². The summed E-state index contributed by atoms with van der Waals surface area (Å²) in [5, 5.41) is 2.15. The number of aryl methyl sites for hydroxylation is 1. The quantitative estimate of drug-likeness (QED) is 0.225. The van der Waals surface area contributed by atoms with E-state index < -0.39 is 0 Å². The van der Waals surface area contributed by atoms with Crippen LogP contribution in [0.25, 0.3) is 11.3 Å². The van der Waals surface area contributed by atoms with Crippen molar-refractivity contribution in [2.75, 3.05) is 24.7 Å². The molecule has 1 aliphatic heterocycles. The highest BCUT2D eigenvalue weighted by molar-refractivity contribution is 7.16. The molecule has 1 saturated heterocycles. The largest absolute Gasteiger partial charge is 0.353 e. The highest BCUT2D eigenvalue weighted by Gasteiger charge is 2.26. The second-order valence-corrected chi connectivity index (χ2v) is 11.0.